The first-order valence-electron chi connectivity index (χ1n) is 11.1. The molecule has 186 valence electrons. The third kappa shape index (κ3) is 6.72. The highest BCUT2D eigenvalue weighted by Gasteiger charge is 2.20. The number of hydrogen-bond acceptors (Lipinski definition) is 8. The van der Waals surface area contributed by atoms with Gasteiger partial charge in [-0.1, -0.05) is 19.3 Å². The molecular formula is C25H28N2O8. The van der Waals surface area contributed by atoms with Crippen molar-refractivity contribution in [2.45, 2.75) is 38.1 Å². The lowest BCUT2D eigenvalue weighted by atomic mass is 9.96. The number of methoxy groups -OCH3 is 3. The zero-order valence-electron chi connectivity index (χ0n) is 19.8. The lowest BCUT2D eigenvalue weighted by Gasteiger charge is -2.23. The van der Waals surface area contributed by atoms with E-state index in [2.05, 4.69) is 10.6 Å². The van der Waals surface area contributed by atoms with Gasteiger partial charge in [0.2, 0.25) is 0 Å². The van der Waals surface area contributed by atoms with Crippen LogP contribution in [0.25, 0.3) is 0 Å². The minimum atomic E-state index is -0.674. The van der Waals surface area contributed by atoms with Gasteiger partial charge in [0.1, 0.15) is 5.75 Å². The highest BCUT2D eigenvalue weighted by Crippen LogP contribution is 2.32. The van der Waals surface area contributed by atoms with Gasteiger partial charge in [-0.3, -0.25) is 0 Å². The second-order valence-corrected chi connectivity index (χ2v) is 7.97. The van der Waals surface area contributed by atoms with Crippen LogP contribution >= 0.6 is 0 Å². The average molecular weight is 485 g/mol. The zero-order chi connectivity index (χ0) is 25.4. The molecule has 1 aliphatic carbocycles. The highest BCUT2D eigenvalue weighted by molar-refractivity contribution is 5.97. The predicted octanol–water partition coefficient (Wildman–Crippen LogP) is 4.29. The molecule has 0 saturated heterocycles. The van der Waals surface area contributed by atoms with Crippen molar-refractivity contribution in [1.29, 1.82) is 0 Å². The molecule has 2 aromatic carbocycles. The summed E-state index contributed by atoms with van der Waals surface area (Å²) in [6.45, 7) is 0. The summed E-state index contributed by atoms with van der Waals surface area (Å²) < 4.78 is 20.2. The fourth-order valence-corrected chi connectivity index (χ4v) is 3.81. The van der Waals surface area contributed by atoms with E-state index in [0.717, 1.165) is 32.1 Å². The first-order valence-corrected chi connectivity index (χ1v) is 11.1. The molecule has 1 fully saturated rings. The number of ether oxygens (including phenoxy) is 4. The van der Waals surface area contributed by atoms with Gasteiger partial charge in [0.25, 0.3) is 0 Å². The van der Waals surface area contributed by atoms with Crippen LogP contribution in [0.3, 0.4) is 0 Å². The molecule has 10 heteroatoms. The lowest BCUT2D eigenvalue weighted by molar-refractivity contribution is 0.0587. The number of urea groups is 1. The number of nitrogens with one attached hydrogen (secondary N) is 2. The maximum Gasteiger partial charge on any atom is 0.338 e. The minimum absolute atomic E-state index is 0.0660. The minimum Gasteiger partial charge on any atom is -0.465 e. The Bertz CT molecular complexity index is 1070. The molecule has 0 atom stereocenters. The Morgan fingerprint density at radius 3 is 1.89 bits per heavy atom. The summed E-state index contributed by atoms with van der Waals surface area (Å²) in [5, 5.41) is 5.67. The van der Waals surface area contributed by atoms with Crippen LogP contribution in [0.4, 0.5) is 10.5 Å². The van der Waals surface area contributed by atoms with E-state index in [9.17, 15) is 19.2 Å². The van der Waals surface area contributed by atoms with Crippen LogP contribution in [0.15, 0.2) is 36.4 Å². The molecule has 0 unspecified atom stereocenters. The van der Waals surface area contributed by atoms with Crippen molar-refractivity contribution in [3.63, 3.8) is 0 Å². The summed E-state index contributed by atoms with van der Waals surface area (Å²) in [7, 11) is 3.68. The molecule has 0 bridgehead atoms. The van der Waals surface area contributed by atoms with Gasteiger partial charge in [-0.25, -0.2) is 19.2 Å². The molecule has 1 aliphatic rings. The van der Waals surface area contributed by atoms with E-state index in [1.807, 2.05) is 0 Å². The van der Waals surface area contributed by atoms with Crippen molar-refractivity contribution >= 4 is 29.6 Å². The first-order chi connectivity index (χ1) is 16.8. The molecular weight excluding hydrogens is 456 g/mol. The Morgan fingerprint density at radius 1 is 0.743 bits per heavy atom. The smallest absolute Gasteiger partial charge is 0.338 e. The number of carbonyl (C=O) groups excluding carboxylic acids is 4. The van der Waals surface area contributed by atoms with Crippen LogP contribution in [0.1, 0.15) is 63.2 Å². The second-order valence-electron chi connectivity index (χ2n) is 7.97. The van der Waals surface area contributed by atoms with Crippen molar-refractivity contribution < 1.29 is 38.1 Å². The zero-order valence-corrected chi connectivity index (χ0v) is 19.8. The standard InChI is InChI=1S/C25H28N2O8/c1-32-22(28)15-9-10-21(20(14-15)27-25(31)26-18-7-5-4-6-8-18)35-19-12-16(23(29)33-2)11-17(13-19)24(30)34-3/h9-14,18H,4-8H2,1-3H3,(H2,26,27,31). The van der Waals surface area contributed by atoms with Gasteiger partial charge in [0, 0.05) is 6.04 Å². The second kappa shape index (κ2) is 11.9. The van der Waals surface area contributed by atoms with Crippen molar-refractivity contribution in [2.75, 3.05) is 26.6 Å². The van der Waals surface area contributed by atoms with Gasteiger partial charge in [0.05, 0.1) is 43.7 Å². The number of anilines is 1. The number of rotatable bonds is 7. The van der Waals surface area contributed by atoms with E-state index in [1.165, 1.54) is 57.7 Å². The fourth-order valence-electron chi connectivity index (χ4n) is 3.81. The molecule has 0 radical (unpaired) electrons. The van der Waals surface area contributed by atoms with Crippen LogP contribution in [0.5, 0.6) is 11.5 Å². The van der Waals surface area contributed by atoms with E-state index >= 15 is 0 Å². The van der Waals surface area contributed by atoms with Crippen LogP contribution in [0, 0.1) is 0 Å². The van der Waals surface area contributed by atoms with Crippen LogP contribution < -0.4 is 15.4 Å². The van der Waals surface area contributed by atoms with E-state index in [-0.39, 0.29) is 39.9 Å². The van der Waals surface area contributed by atoms with Gasteiger partial charge in [-0.2, -0.15) is 0 Å². The Morgan fingerprint density at radius 2 is 1.31 bits per heavy atom. The maximum atomic E-state index is 12.7. The van der Waals surface area contributed by atoms with Crippen LogP contribution in [-0.2, 0) is 14.2 Å². The van der Waals surface area contributed by atoms with E-state index in [1.54, 1.807) is 0 Å². The number of amides is 2. The highest BCUT2D eigenvalue weighted by atomic mass is 16.5. The molecule has 1 saturated carbocycles. The molecule has 0 spiro atoms. The molecule has 2 N–H and O–H groups in total. The third-order valence-corrected chi connectivity index (χ3v) is 5.57. The van der Waals surface area contributed by atoms with Crippen molar-refractivity contribution in [3.05, 3.63) is 53.1 Å². The summed E-state index contributed by atoms with van der Waals surface area (Å²) in [5.41, 5.74) is 0.540. The van der Waals surface area contributed by atoms with Gasteiger partial charge >= 0.3 is 23.9 Å². The van der Waals surface area contributed by atoms with Crippen molar-refractivity contribution in [3.8, 4) is 11.5 Å². The quantitative estimate of drug-likeness (QED) is 0.440. The van der Waals surface area contributed by atoms with E-state index in [4.69, 9.17) is 18.9 Å². The van der Waals surface area contributed by atoms with Gasteiger partial charge in [-0.05, 0) is 49.2 Å². The van der Waals surface area contributed by atoms with Gasteiger partial charge in [-0.15, -0.1) is 0 Å². The molecule has 10 nitrogen and oxygen atoms in total. The fraction of sp³-hybridized carbons (Fsp3) is 0.360. The summed E-state index contributed by atoms with van der Waals surface area (Å²) in [6, 6.07) is 8.09. The molecule has 2 aromatic rings. The third-order valence-electron chi connectivity index (χ3n) is 5.57. The van der Waals surface area contributed by atoms with Crippen LogP contribution in [-0.4, -0.2) is 51.3 Å². The predicted molar refractivity (Wildman–Crippen MR) is 126 cm³/mol. The molecule has 3 rings (SSSR count). The number of benzene rings is 2. The number of esters is 3. The van der Waals surface area contributed by atoms with Gasteiger partial charge in [0.15, 0.2) is 5.75 Å². The molecule has 2 amide bonds. The molecule has 35 heavy (non-hydrogen) atoms. The summed E-state index contributed by atoms with van der Waals surface area (Å²) in [6.07, 6.45) is 5.05. The Hall–Kier alpha value is -4.08. The Labute approximate surface area is 202 Å². The first kappa shape index (κ1) is 25.5. The molecule has 0 aromatic heterocycles. The normalized spacial score (nSPS) is 13.3. The Balaban J connectivity index is 1.93. The molecule has 0 heterocycles. The number of carbonyl (C=O) groups is 4. The lowest BCUT2D eigenvalue weighted by Crippen LogP contribution is -2.39. The largest absolute Gasteiger partial charge is 0.465 e. The van der Waals surface area contributed by atoms with Crippen molar-refractivity contribution in [1.82, 2.24) is 5.32 Å². The summed E-state index contributed by atoms with van der Waals surface area (Å²) in [5.74, 6) is -1.64. The van der Waals surface area contributed by atoms with E-state index in [0.29, 0.717) is 0 Å². The topological polar surface area (TPSA) is 129 Å². The van der Waals surface area contributed by atoms with Gasteiger partial charge < -0.3 is 29.6 Å². The summed E-state index contributed by atoms with van der Waals surface area (Å²) in [4.78, 5) is 48.9. The molecule has 0 aliphatic heterocycles. The van der Waals surface area contributed by atoms with E-state index < -0.39 is 23.9 Å². The Kier molecular flexibility index (Phi) is 8.66. The van der Waals surface area contributed by atoms with Crippen molar-refractivity contribution in [2.24, 2.45) is 0 Å². The average Bonchev–Trinajstić information content (AvgIpc) is 2.88. The van der Waals surface area contributed by atoms with Crippen LogP contribution in [0.2, 0.25) is 0 Å². The SMILES string of the molecule is COC(=O)c1cc(Oc2ccc(C(=O)OC)cc2NC(=O)NC2CCCCC2)cc(C(=O)OC)c1. The monoisotopic (exact) mass is 484 g/mol. The number of hydrogen-bond donors (Lipinski definition) is 2. The maximum absolute atomic E-state index is 12.7. The summed E-state index contributed by atoms with van der Waals surface area (Å²) >= 11 is 0.